The van der Waals surface area contributed by atoms with Gasteiger partial charge in [-0.2, -0.15) is 0 Å². The van der Waals surface area contributed by atoms with Gasteiger partial charge >= 0.3 is 0 Å². The number of allylic oxidation sites excluding steroid dienone is 12. The first-order valence-corrected chi connectivity index (χ1v) is 7.32. The molecule has 4 aliphatic carbocycles. The molecule has 0 saturated heterocycles. The predicted molar refractivity (Wildman–Crippen MR) is 80.6 cm³/mol. The van der Waals surface area contributed by atoms with Crippen LogP contribution >= 0.6 is 0 Å². The van der Waals surface area contributed by atoms with Crippen molar-refractivity contribution in [3.8, 4) is 0 Å². The third kappa shape index (κ3) is 1.16. The molecule has 0 fully saturated rings. The molecule has 3 unspecified atom stereocenters. The van der Waals surface area contributed by atoms with Crippen molar-refractivity contribution in [1.29, 1.82) is 0 Å². The summed E-state index contributed by atoms with van der Waals surface area (Å²) >= 11 is 0. The minimum atomic E-state index is 0.220. The molecular weight excluding hydrogens is 228 g/mol. The van der Waals surface area contributed by atoms with E-state index in [1.165, 1.54) is 18.4 Å². The zero-order valence-corrected chi connectivity index (χ0v) is 11.7. The van der Waals surface area contributed by atoms with Crippen LogP contribution in [-0.4, -0.2) is 0 Å². The molecule has 0 nitrogen and oxygen atoms in total. The van der Waals surface area contributed by atoms with Crippen molar-refractivity contribution < 1.29 is 0 Å². The van der Waals surface area contributed by atoms with Crippen LogP contribution in [0.1, 0.15) is 26.7 Å². The van der Waals surface area contributed by atoms with Gasteiger partial charge in [0.15, 0.2) is 0 Å². The van der Waals surface area contributed by atoms with Gasteiger partial charge < -0.3 is 0 Å². The summed E-state index contributed by atoms with van der Waals surface area (Å²) in [4.78, 5) is 0. The van der Waals surface area contributed by atoms with Crippen molar-refractivity contribution in [3.05, 3.63) is 71.4 Å². The highest BCUT2D eigenvalue weighted by atomic mass is 14.6. The fourth-order valence-corrected chi connectivity index (χ4v) is 4.87. The van der Waals surface area contributed by atoms with Crippen molar-refractivity contribution in [2.24, 2.45) is 16.7 Å². The Balaban J connectivity index is 2.03. The van der Waals surface area contributed by atoms with E-state index in [9.17, 15) is 0 Å². The Hall–Kier alpha value is -1.56. The molecule has 0 heterocycles. The topological polar surface area (TPSA) is 0 Å². The normalized spacial score (nSPS) is 45.4. The molecule has 0 N–H and O–H groups in total. The fraction of sp³-hybridized carbons (Fsp3) is 0.368. The highest BCUT2D eigenvalue weighted by Crippen LogP contribution is 2.69. The molecule has 0 aliphatic heterocycles. The van der Waals surface area contributed by atoms with E-state index in [0.717, 1.165) is 0 Å². The first kappa shape index (κ1) is 11.3. The number of rotatable bonds is 0. The van der Waals surface area contributed by atoms with E-state index in [1.54, 1.807) is 11.1 Å². The molecule has 0 saturated carbocycles. The highest BCUT2D eigenvalue weighted by molar-refractivity contribution is 5.62. The molecule has 0 amide bonds. The van der Waals surface area contributed by atoms with Gasteiger partial charge in [0, 0.05) is 10.8 Å². The van der Waals surface area contributed by atoms with Gasteiger partial charge in [-0.15, -0.1) is 0 Å². The maximum Gasteiger partial charge on any atom is 0.0322 e. The van der Waals surface area contributed by atoms with Crippen LogP contribution in [0.3, 0.4) is 0 Å². The average Bonchev–Trinajstić information content (AvgIpc) is 2.41. The summed E-state index contributed by atoms with van der Waals surface area (Å²) in [6.45, 7) is 4.76. The van der Waals surface area contributed by atoms with Crippen molar-refractivity contribution in [3.63, 3.8) is 0 Å². The summed E-state index contributed by atoms with van der Waals surface area (Å²) in [6.07, 6.45) is 23.4. The van der Waals surface area contributed by atoms with Gasteiger partial charge in [-0.3, -0.25) is 0 Å². The largest absolute Gasteiger partial charge is 0.0873 e. The third-order valence-corrected chi connectivity index (χ3v) is 5.67. The monoisotopic (exact) mass is 248 g/mol. The van der Waals surface area contributed by atoms with Crippen molar-refractivity contribution in [1.82, 2.24) is 0 Å². The van der Waals surface area contributed by atoms with E-state index in [0.29, 0.717) is 5.92 Å². The van der Waals surface area contributed by atoms with Crippen molar-refractivity contribution >= 4 is 0 Å². The van der Waals surface area contributed by atoms with Crippen LogP contribution in [0.5, 0.6) is 0 Å². The van der Waals surface area contributed by atoms with Crippen LogP contribution in [0, 0.1) is 16.7 Å². The summed E-state index contributed by atoms with van der Waals surface area (Å²) in [7, 11) is 0. The van der Waals surface area contributed by atoms with E-state index in [4.69, 9.17) is 0 Å². The van der Waals surface area contributed by atoms with Crippen LogP contribution in [0.25, 0.3) is 0 Å². The Kier molecular flexibility index (Phi) is 2.08. The maximum absolute atomic E-state index is 2.47. The zero-order valence-electron chi connectivity index (χ0n) is 11.7. The lowest BCUT2D eigenvalue weighted by Gasteiger charge is -2.62. The molecule has 4 rings (SSSR count). The second kappa shape index (κ2) is 3.50. The molecule has 0 heteroatoms. The van der Waals surface area contributed by atoms with Gasteiger partial charge in [0.25, 0.3) is 0 Å². The van der Waals surface area contributed by atoms with Crippen LogP contribution < -0.4 is 0 Å². The molecule has 0 aromatic carbocycles. The van der Waals surface area contributed by atoms with Crippen molar-refractivity contribution in [2.75, 3.05) is 0 Å². The van der Waals surface area contributed by atoms with Crippen LogP contribution in [0.15, 0.2) is 71.4 Å². The van der Waals surface area contributed by atoms with E-state index in [1.807, 2.05) is 0 Å². The Morgan fingerprint density at radius 1 is 1.05 bits per heavy atom. The van der Waals surface area contributed by atoms with Crippen LogP contribution in [0.4, 0.5) is 0 Å². The summed E-state index contributed by atoms with van der Waals surface area (Å²) in [5, 5.41) is 0. The van der Waals surface area contributed by atoms with E-state index in [2.05, 4.69) is 68.5 Å². The molecule has 0 aromatic heterocycles. The Labute approximate surface area is 115 Å². The smallest absolute Gasteiger partial charge is 0.0322 e. The van der Waals surface area contributed by atoms with E-state index >= 15 is 0 Å². The van der Waals surface area contributed by atoms with Crippen LogP contribution in [-0.2, 0) is 0 Å². The second-order valence-electron chi connectivity index (χ2n) is 6.46. The molecule has 1 spiro atoms. The summed E-state index contributed by atoms with van der Waals surface area (Å²) in [5.41, 5.74) is 5.01. The second-order valence-corrected chi connectivity index (χ2v) is 6.46. The molecule has 4 aliphatic rings. The molecule has 19 heavy (non-hydrogen) atoms. The van der Waals surface area contributed by atoms with Gasteiger partial charge in [0.1, 0.15) is 0 Å². The van der Waals surface area contributed by atoms with E-state index < -0.39 is 0 Å². The molecule has 96 valence electrons. The molecule has 0 radical (unpaired) electrons. The lowest BCUT2D eigenvalue weighted by Crippen LogP contribution is -2.54. The molecule has 3 atom stereocenters. The first-order chi connectivity index (χ1) is 9.18. The van der Waals surface area contributed by atoms with E-state index in [-0.39, 0.29) is 10.8 Å². The van der Waals surface area contributed by atoms with Gasteiger partial charge in [-0.05, 0) is 36.8 Å². The predicted octanol–water partition coefficient (Wildman–Crippen LogP) is 4.90. The van der Waals surface area contributed by atoms with Gasteiger partial charge in [-0.25, -0.2) is 0 Å². The number of hydrogen-bond acceptors (Lipinski definition) is 0. The average molecular weight is 248 g/mol. The number of hydrogen-bond donors (Lipinski definition) is 0. The molecule has 2 bridgehead atoms. The molecule has 0 aromatic rings. The SMILES string of the molecule is CC1=C2C=CC3=CC4(C)C=CCC(C/C=C\C=C/2)C314. The summed E-state index contributed by atoms with van der Waals surface area (Å²) in [6, 6.07) is 0. The van der Waals surface area contributed by atoms with Gasteiger partial charge in [0.2, 0.25) is 0 Å². The first-order valence-electron chi connectivity index (χ1n) is 7.32. The summed E-state index contributed by atoms with van der Waals surface area (Å²) < 4.78 is 0. The molecular formula is C19H20. The minimum absolute atomic E-state index is 0.220. The lowest BCUT2D eigenvalue weighted by molar-refractivity contribution is 0.0997. The van der Waals surface area contributed by atoms with Gasteiger partial charge in [0.05, 0.1) is 0 Å². The van der Waals surface area contributed by atoms with Crippen LogP contribution in [0.2, 0.25) is 0 Å². The Bertz CT molecular complexity index is 620. The highest BCUT2D eigenvalue weighted by Gasteiger charge is 2.61. The quantitative estimate of drug-likeness (QED) is 0.535. The van der Waals surface area contributed by atoms with Gasteiger partial charge in [-0.1, -0.05) is 67.2 Å². The lowest BCUT2D eigenvalue weighted by atomic mass is 9.40. The minimum Gasteiger partial charge on any atom is -0.0873 e. The third-order valence-electron chi connectivity index (χ3n) is 5.67. The Morgan fingerprint density at radius 2 is 1.89 bits per heavy atom. The fourth-order valence-electron chi connectivity index (χ4n) is 4.87. The zero-order chi connectivity index (χ0) is 13.1. The maximum atomic E-state index is 2.47. The van der Waals surface area contributed by atoms with Crippen molar-refractivity contribution in [2.45, 2.75) is 26.7 Å². The summed E-state index contributed by atoms with van der Waals surface area (Å²) in [5.74, 6) is 0.707. The standard InChI is InChI=1S/C19H20/c1-14-15-7-4-3-5-8-16-9-6-12-18(2)13-17(11-10-15)19(14,16)18/h3-7,10-13,16H,8-9H2,1-2H3/b5-3-,7-4-. The Morgan fingerprint density at radius 3 is 2.79 bits per heavy atom.